The molecule has 3 nitrogen and oxygen atoms in total. The number of aliphatic hydroxyl groups is 1. The minimum Gasteiger partial charge on any atom is -0.388 e. The maximum absolute atomic E-state index is 13.6. The molecule has 1 atom stereocenters. The molecular weight excluding hydrogens is 335 g/mol. The van der Waals surface area contributed by atoms with Crippen LogP contribution in [0.15, 0.2) is 46.9 Å². The van der Waals surface area contributed by atoms with Gasteiger partial charge in [0.05, 0.1) is 21.8 Å². The van der Waals surface area contributed by atoms with Crippen molar-refractivity contribution < 1.29 is 9.50 Å². The number of rotatable bonds is 3. The van der Waals surface area contributed by atoms with Gasteiger partial charge in [-0.1, -0.05) is 24.3 Å². The molecule has 1 heterocycles. The summed E-state index contributed by atoms with van der Waals surface area (Å²) in [5.41, 5.74) is 2.37. The molecule has 0 aliphatic carbocycles. The fraction of sp³-hybridized carbons (Fsp3) is 0.188. The second-order valence-electron chi connectivity index (χ2n) is 4.98. The minimum atomic E-state index is -0.786. The van der Waals surface area contributed by atoms with Crippen LogP contribution < -0.4 is 0 Å². The van der Waals surface area contributed by atoms with Crippen LogP contribution in [0.1, 0.15) is 17.4 Å². The van der Waals surface area contributed by atoms with E-state index in [1.807, 2.05) is 31.3 Å². The van der Waals surface area contributed by atoms with Gasteiger partial charge in [-0.15, -0.1) is 0 Å². The lowest BCUT2D eigenvalue weighted by Gasteiger charge is -2.10. The van der Waals surface area contributed by atoms with E-state index in [4.69, 9.17) is 0 Å². The van der Waals surface area contributed by atoms with Gasteiger partial charge in [-0.2, -0.15) is 5.10 Å². The Hall–Kier alpha value is -1.72. The van der Waals surface area contributed by atoms with Gasteiger partial charge in [0, 0.05) is 18.9 Å². The molecule has 1 aromatic heterocycles. The largest absolute Gasteiger partial charge is 0.388 e. The van der Waals surface area contributed by atoms with E-state index in [9.17, 15) is 9.50 Å². The van der Waals surface area contributed by atoms with Crippen molar-refractivity contribution in [3.8, 4) is 0 Å². The summed E-state index contributed by atoms with van der Waals surface area (Å²) < 4.78 is 15.7. The Morgan fingerprint density at radius 3 is 2.81 bits per heavy atom. The van der Waals surface area contributed by atoms with E-state index in [-0.39, 0.29) is 5.82 Å². The lowest BCUT2D eigenvalue weighted by Crippen LogP contribution is -2.04. The average Bonchev–Trinajstić information content (AvgIpc) is 2.79. The molecule has 0 spiro atoms. The fourth-order valence-corrected chi connectivity index (χ4v) is 2.71. The van der Waals surface area contributed by atoms with Gasteiger partial charge in [0.15, 0.2) is 0 Å². The van der Waals surface area contributed by atoms with Gasteiger partial charge in [0.25, 0.3) is 0 Å². The second kappa shape index (κ2) is 5.58. The lowest BCUT2D eigenvalue weighted by molar-refractivity contribution is 0.177. The number of nitrogens with zero attached hydrogens (tertiary/aromatic N) is 2. The quantitative estimate of drug-likeness (QED) is 0.782. The van der Waals surface area contributed by atoms with Crippen molar-refractivity contribution >= 4 is 26.8 Å². The highest BCUT2D eigenvalue weighted by atomic mass is 79.9. The van der Waals surface area contributed by atoms with Crippen LogP contribution in [-0.4, -0.2) is 14.9 Å². The average molecular weight is 349 g/mol. The van der Waals surface area contributed by atoms with Crippen molar-refractivity contribution in [1.82, 2.24) is 9.78 Å². The number of hydrogen-bond donors (Lipinski definition) is 1. The molecule has 108 valence electrons. The maximum atomic E-state index is 13.6. The van der Waals surface area contributed by atoms with Crippen LogP contribution in [0.4, 0.5) is 4.39 Å². The molecule has 0 amide bonds. The Labute approximate surface area is 130 Å². The van der Waals surface area contributed by atoms with Crippen molar-refractivity contribution in [1.29, 1.82) is 0 Å². The zero-order valence-electron chi connectivity index (χ0n) is 11.4. The molecule has 0 radical (unpaired) electrons. The van der Waals surface area contributed by atoms with E-state index < -0.39 is 6.10 Å². The highest BCUT2D eigenvalue weighted by Gasteiger charge is 2.15. The van der Waals surface area contributed by atoms with Crippen molar-refractivity contribution in [3.63, 3.8) is 0 Å². The molecule has 21 heavy (non-hydrogen) atoms. The van der Waals surface area contributed by atoms with Gasteiger partial charge in [0.2, 0.25) is 0 Å². The Kier molecular flexibility index (Phi) is 3.78. The summed E-state index contributed by atoms with van der Waals surface area (Å²) >= 11 is 3.11. The molecule has 0 saturated carbocycles. The van der Waals surface area contributed by atoms with Gasteiger partial charge in [-0.05, 0) is 39.7 Å². The third-order valence-electron chi connectivity index (χ3n) is 3.55. The van der Waals surface area contributed by atoms with Crippen LogP contribution in [-0.2, 0) is 13.5 Å². The van der Waals surface area contributed by atoms with Crippen LogP contribution in [0, 0.1) is 5.82 Å². The molecule has 0 saturated heterocycles. The number of hydrogen-bond acceptors (Lipinski definition) is 2. The third kappa shape index (κ3) is 2.71. The molecule has 3 rings (SSSR count). The normalized spacial score (nSPS) is 12.8. The minimum absolute atomic E-state index is 0.350. The van der Waals surface area contributed by atoms with Gasteiger partial charge >= 0.3 is 0 Å². The van der Waals surface area contributed by atoms with Crippen molar-refractivity contribution in [2.45, 2.75) is 12.5 Å². The Morgan fingerprint density at radius 2 is 2.05 bits per heavy atom. The second-order valence-corrected chi connectivity index (χ2v) is 5.84. The first-order valence-corrected chi connectivity index (χ1v) is 7.39. The monoisotopic (exact) mass is 348 g/mol. The molecule has 1 unspecified atom stereocenters. The Bertz CT molecular complexity index is 800. The lowest BCUT2D eigenvalue weighted by atomic mass is 10.0. The Balaban J connectivity index is 1.92. The van der Waals surface area contributed by atoms with Crippen LogP contribution in [0.3, 0.4) is 0 Å². The first kappa shape index (κ1) is 14.2. The molecular formula is C16H14BrFN2O. The SMILES string of the molecule is Cn1nc(CC(O)c2ccc(Br)c(F)c2)c2ccccc21. The van der Waals surface area contributed by atoms with Crippen molar-refractivity contribution in [3.05, 3.63) is 64.0 Å². The van der Waals surface area contributed by atoms with Gasteiger partial charge in [0.1, 0.15) is 5.82 Å². The van der Waals surface area contributed by atoms with Crippen molar-refractivity contribution in [2.75, 3.05) is 0 Å². The standard InChI is InChI=1S/C16H14BrFN2O/c1-20-15-5-3-2-4-11(15)14(19-20)9-16(21)10-6-7-12(17)13(18)8-10/h2-8,16,21H,9H2,1H3. The number of fused-ring (bicyclic) bond motifs is 1. The van der Waals surface area contributed by atoms with E-state index in [2.05, 4.69) is 21.0 Å². The molecule has 1 N–H and O–H groups in total. The zero-order chi connectivity index (χ0) is 15.0. The number of halogens is 2. The molecule has 0 bridgehead atoms. The molecule has 0 aliphatic rings. The van der Waals surface area contributed by atoms with Crippen LogP contribution in [0.5, 0.6) is 0 Å². The predicted octanol–water partition coefficient (Wildman–Crippen LogP) is 3.75. The third-order valence-corrected chi connectivity index (χ3v) is 4.19. The van der Waals surface area contributed by atoms with E-state index in [0.717, 1.165) is 16.6 Å². The smallest absolute Gasteiger partial charge is 0.137 e. The first-order valence-electron chi connectivity index (χ1n) is 6.60. The van der Waals surface area contributed by atoms with E-state index in [1.165, 1.54) is 6.07 Å². The summed E-state index contributed by atoms with van der Waals surface area (Å²) in [6, 6.07) is 12.5. The van der Waals surface area contributed by atoms with E-state index in [0.29, 0.717) is 16.5 Å². The molecule has 2 aromatic carbocycles. The summed E-state index contributed by atoms with van der Waals surface area (Å²) in [5.74, 6) is -0.377. The van der Waals surface area contributed by atoms with Crippen LogP contribution >= 0.6 is 15.9 Å². The number of aryl methyl sites for hydroxylation is 1. The van der Waals surface area contributed by atoms with Crippen molar-refractivity contribution in [2.24, 2.45) is 7.05 Å². The molecule has 5 heteroatoms. The molecule has 3 aromatic rings. The highest BCUT2D eigenvalue weighted by molar-refractivity contribution is 9.10. The number of aliphatic hydroxyl groups excluding tert-OH is 1. The number of para-hydroxylation sites is 1. The highest BCUT2D eigenvalue weighted by Crippen LogP contribution is 2.26. The van der Waals surface area contributed by atoms with E-state index >= 15 is 0 Å². The summed E-state index contributed by atoms with van der Waals surface area (Å²) in [6.45, 7) is 0. The maximum Gasteiger partial charge on any atom is 0.137 e. The topological polar surface area (TPSA) is 38.0 Å². The van der Waals surface area contributed by atoms with Gasteiger partial charge in [-0.3, -0.25) is 4.68 Å². The summed E-state index contributed by atoms with van der Waals surface area (Å²) in [4.78, 5) is 0. The van der Waals surface area contributed by atoms with E-state index in [1.54, 1.807) is 16.8 Å². The molecule has 0 fully saturated rings. The predicted molar refractivity (Wildman–Crippen MR) is 83.5 cm³/mol. The van der Waals surface area contributed by atoms with Crippen LogP contribution in [0.2, 0.25) is 0 Å². The Morgan fingerprint density at radius 1 is 1.29 bits per heavy atom. The first-order chi connectivity index (χ1) is 10.1. The molecule has 0 aliphatic heterocycles. The fourth-order valence-electron chi connectivity index (χ4n) is 2.46. The summed E-state index contributed by atoms with van der Waals surface area (Å²) in [7, 11) is 1.87. The number of aromatic nitrogens is 2. The van der Waals surface area contributed by atoms with Gasteiger partial charge in [-0.25, -0.2) is 4.39 Å². The number of benzene rings is 2. The summed E-state index contributed by atoms with van der Waals surface area (Å²) in [5, 5.41) is 15.8. The van der Waals surface area contributed by atoms with Gasteiger partial charge < -0.3 is 5.11 Å². The van der Waals surface area contributed by atoms with Crippen LogP contribution in [0.25, 0.3) is 10.9 Å². The zero-order valence-corrected chi connectivity index (χ0v) is 13.0. The summed E-state index contributed by atoms with van der Waals surface area (Å²) in [6.07, 6.45) is -0.437.